The lowest BCUT2D eigenvalue weighted by molar-refractivity contribution is -0.137. The predicted octanol–water partition coefficient (Wildman–Crippen LogP) is 5.18. The number of aromatic nitrogens is 3. The van der Waals surface area contributed by atoms with Gasteiger partial charge in [-0.3, -0.25) is 14.6 Å². The van der Waals surface area contributed by atoms with E-state index >= 15 is 0 Å². The zero-order valence-corrected chi connectivity index (χ0v) is 23.9. The highest BCUT2D eigenvalue weighted by molar-refractivity contribution is 5.98. The molecule has 2 atom stereocenters. The third-order valence-corrected chi connectivity index (χ3v) is 6.99. The molecule has 0 fully saturated rings. The van der Waals surface area contributed by atoms with Crippen LogP contribution >= 0.6 is 0 Å². The van der Waals surface area contributed by atoms with Gasteiger partial charge in [-0.25, -0.2) is 4.98 Å². The summed E-state index contributed by atoms with van der Waals surface area (Å²) in [6.45, 7) is 1.76. The molecule has 2 unspecified atom stereocenters. The Kier molecular flexibility index (Phi) is 8.79. The zero-order valence-electron chi connectivity index (χ0n) is 23.9. The molecule has 0 saturated carbocycles. The van der Waals surface area contributed by atoms with Crippen LogP contribution in [0.3, 0.4) is 0 Å². The Labute approximate surface area is 251 Å². The SMILES string of the molecule is CC(Cc1cccc(C(F)(F)F)c1)NC(=O)c1ccc2nc(-c3cc4ccccc4cn3)[nH]c2c1.CN1C=CNC1NC=O. The first-order valence-electron chi connectivity index (χ1n) is 13.8. The molecule has 12 heteroatoms. The van der Waals surface area contributed by atoms with Crippen molar-refractivity contribution in [2.24, 2.45) is 0 Å². The number of carbonyl (C=O) groups is 2. The van der Waals surface area contributed by atoms with E-state index < -0.39 is 11.7 Å². The largest absolute Gasteiger partial charge is 0.416 e. The molecule has 0 saturated heterocycles. The van der Waals surface area contributed by atoms with Gasteiger partial charge in [-0.2, -0.15) is 13.2 Å². The summed E-state index contributed by atoms with van der Waals surface area (Å²) < 4.78 is 38.9. The number of aromatic amines is 1. The van der Waals surface area contributed by atoms with E-state index in [0.29, 0.717) is 40.1 Å². The van der Waals surface area contributed by atoms with E-state index in [1.807, 2.05) is 48.5 Å². The summed E-state index contributed by atoms with van der Waals surface area (Å²) in [4.78, 5) is 36.9. The Bertz CT molecular complexity index is 1820. The van der Waals surface area contributed by atoms with E-state index in [9.17, 15) is 22.8 Å². The zero-order chi connectivity index (χ0) is 31.3. The van der Waals surface area contributed by atoms with Crippen LogP contribution in [0.25, 0.3) is 33.3 Å². The lowest BCUT2D eigenvalue weighted by Crippen LogP contribution is -2.44. The molecule has 0 radical (unpaired) electrons. The summed E-state index contributed by atoms with van der Waals surface area (Å²) in [7, 11) is 1.87. The van der Waals surface area contributed by atoms with Gasteiger partial charge in [0.25, 0.3) is 5.91 Å². The van der Waals surface area contributed by atoms with Crippen LogP contribution in [0.4, 0.5) is 13.2 Å². The average molecular weight is 602 g/mol. The molecule has 1 aliphatic heterocycles. The number of alkyl halides is 3. The van der Waals surface area contributed by atoms with Crippen LogP contribution in [0.1, 0.15) is 28.4 Å². The second kappa shape index (κ2) is 12.9. The van der Waals surface area contributed by atoms with E-state index in [-0.39, 0.29) is 24.7 Å². The van der Waals surface area contributed by atoms with Gasteiger partial charge in [0.1, 0.15) is 5.69 Å². The molecule has 44 heavy (non-hydrogen) atoms. The second-order valence-corrected chi connectivity index (χ2v) is 10.3. The summed E-state index contributed by atoms with van der Waals surface area (Å²) in [5, 5.41) is 10.4. The molecule has 0 bridgehead atoms. The fraction of sp³-hybridized carbons (Fsp3) is 0.188. The van der Waals surface area contributed by atoms with Gasteiger partial charge in [-0.1, -0.05) is 42.5 Å². The summed E-state index contributed by atoms with van der Waals surface area (Å²) in [6.07, 6.45) is 1.90. The van der Waals surface area contributed by atoms with Gasteiger partial charge in [0.2, 0.25) is 6.41 Å². The minimum atomic E-state index is -4.40. The summed E-state index contributed by atoms with van der Waals surface area (Å²) >= 11 is 0. The molecule has 0 aliphatic carbocycles. The number of benzene rings is 3. The molecule has 1 aliphatic rings. The van der Waals surface area contributed by atoms with E-state index in [2.05, 4.69) is 30.9 Å². The van der Waals surface area contributed by atoms with Crippen LogP contribution in [-0.4, -0.2) is 51.5 Å². The minimum Gasteiger partial charge on any atom is -0.353 e. The molecule has 9 nitrogen and oxygen atoms in total. The molecule has 0 spiro atoms. The van der Waals surface area contributed by atoms with Gasteiger partial charge >= 0.3 is 6.18 Å². The number of H-pyrrole nitrogens is 1. The van der Waals surface area contributed by atoms with Crippen molar-refractivity contribution in [1.82, 2.24) is 35.8 Å². The van der Waals surface area contributed by atoms with Crippen molar-refractivity contribution in [3.8, 4) is 11.5 Å². The Morgan fingerprint density at radius 3 is 2.59 bits per heavy atom. The quantitative estimate of drug-likeness (QED) is 0.191. The fourth-order valence-corrected chi connectivity index (χ4v) is 4.76. The molecular formula is C32H30F3N7O2. The van der Waals surface area contributed by atoms with Gasteiger partial charge < -0.3 is 25.8 Å². The van der Waals surface area contributed by atoms with Gasteiger partial charge in [0, 0.05) is 42.6 Å². The summed E-state index contributed by atoms with van der Waals surface area (Å²) in [5.41, 5.74) is 2.31. The Balaban J connectivity index is 0.000000367. The van der Waals surface area contributed by atoms with Gasteiger partial charge in [0.05, 0.1) is 16.6 Å². The number of carbonyl (C=O) groups excluding carboxylic acids is 2. The minimum absolute atomic E-state index is 0.0671. The smallest absolute Gasteiger partial charge is 0.353 e. The topological polar surface area (TPSA) is 115 Å². The molecular weight excluding hydrogens is 571 g/mol. The number of nitrogens with zero attached hydrogens (tertiary/aromatic N) is 3. The number of fused-ring (bicyclic) bond motifs is 2. The lowest BCUT2D eigenvalue weighted by Gasteiger charge is -2.19. The second-order valence-electron chi connectivity index (χ2n) is 10.3. The van der Waals surface area contributed by atoms with E-state index in [1.54, 1.807) is 43.6 Å². The molecule has 2 aromatic heterocycles. The standard InChI is InChI=1S/C27H21F3N4O.C5H9N3O/c1-16(11-17-5-4-8-21(12-17)27(28,29)30)32-26(35)19-9-10-22-23(14-19)34-25(33-22)24-13-18-6-2-3-7-20(18)15-31-24;1-8-3-2-6-5(8)7-4-9/h2-10,12-16H,11H2,1H3,(H,32,35)(H,33,34);2-6H,1H3,(H,7,9). The Morgan fingerprint density at radius 2 is 1.86 bits per heavy atom. The summed E-state index contributed by atoms with van der Waals surface area (Å²) in [6, 6.07) is 19.8. The number of hydrogen-bond donors (Lipinski definition) is 4. The maximum atomic E-state index is 13.0. The third-order valence-electron chi connectivity index (χ3n) is 6.99. The predicted molar refractivity (Wildman–Crippen MR) is 162 cm³/mol. The normalized spacial score (nSPS) is 14.9. The Morgan fingerprint density at radius 1 is 1.07 bits per heavy atom. The number of amides is 2. The number of halogens is 3. The first-order chi connectivity index (χ1) is 21.1. The van der Waals surface area contributed by atoms with Gasteiger partial charge in [0.15, 0.2) is 12.1 Å². The van der Waals surface area contributed by atoms with Gasteiger partial charge in [-0.05, 0) is 54.6 Å². The van der Waals surface area contributed by atoms with E-state index in [1.165, 1.54) is 6.07 Å². The van der Waals surface area contributed by atoms with Crippen LogP contribution in [0, 0.1) is 0 Å². The molecule has 3 aromatic carbocycles. The highest BCUT2D eigenvalue weighted by atomic mass is 19.4. The number of pyridine rings is 1. The molecule has 2 amide bonds. The Hall–Kier alpha value is -5.39. The van der Waals surface area contributed by atoms with Crippen LogP contribution < -0.4 is 16.0 Å². The van der Waals surface area contributed by atoms with Crippen LogP contribution in [0.5, 0.6) is 0 Å². The average Bonchev–Trinajstić information content (AvgIpc) is 3.62. The van der Waals surface area contributed by atoms with E-state index in [0.717, 1.165) is 22.9 Å². The van der Waals surface area contributed by atoms with E-state index in [4.69, 9.17) is 0 Å². The molecule has 226 valence electrons. The van der Waals surface area contributed by atoms with Crippen molar-refractivity contribution in [2.45, 2.75) is 31.9 Å². The number of nitrogens with one attached hydrogen (secondary N) is 4. The fourth-order valence-electron chi connectivity index (χ4n) is 4.76. The highest BCUT2D eigenvalue weighted by Crippen LogP contribution is 2.30. The van der Waals surface area contributed by atoms with Crippen molar-refractivity contribution >= 4 is 34.1 Å². The van der Waals surface area contributed by atoms with Crippen LogP contribution in [0.15, 0.2) is 91.4 Å². The lowest BCUT2D eigenvalue weighted by atomic mass is 10.0. The number of imidazole rings is 1. The first-order valence-corrected chi connectivity index (χ1v) is 13.8. The molecule has 6 rings (SSSR count). The van der Waals surface area contributed by atoms with Crippen molar-refractivity contribution in [2.75, 3.05) is 7.05 Å². The van der Waals surface area contributed by atoms with Crippen molar-refractivity contribution in [3.63, 3.8) is 0 Å². The third kappa shape index (κ3) is 7.14. The number of hydrogen-bond acceptors (Lipinski definition) is 6. The monoisotopic (exact) mass is 601 g/mol. The van der Waals surface area contributed by atoms with Crippen molar-refractivity contribution in [1.29, 1.82) is 0 Å². The number of rotatable bonds is 7. The van der Waals surface area contributed by atoms with Crippen LogP contribution in [0.2, 0.25) is 0 Å². The van der Waals surface area contributed by atoms with Crippen LogP contribution in [-0.2, 0) is 17.4 Å². The maximum absolute atomic E-state index is 13.0. The maximum Gasteiger partial charge on any atom is 0.416 e. The van der Waals surface area contributed by atoms with Gasteiger partial charge in [-0.15, -0.1) is 0 Å². The first kappa shape index (κ1) is 30.1. The molecule has 4 N–H and O–H groups in total. The summed E-state index contributed by atoms with van der Waals surface area (Å²) in [5.74, 6) is 0.285. The van der Waals surface area contributed by atoms with Crippen molar-refractivity contribution < 1.29 is 22.8 Å². The van der Waals surface area contributed by atoms with Crippen molar-refractivity contribution in [3.05, 3.63) is 108 Å². The highest BCUT2D eigenvalue weighted by Gasteiger charge is 2.30. The molecule has 3 heterocycles. The molecule has 5 aromatic rings.